The van der Waals surface area contributed by atoms with E-state index in [2.05, 4.69) is 10.6 Å². The van der Waals surface area contributed by atoms with Gasteiger partial charge in [-0.1, -0.05) is 35.9 Å². The molecular weight excluding hydrogens is 322 g/mol. The van der Waals surface area contributed by atoms with Crippen LogP contribution in [-0.4, -0.2) is 6.03 Å². The Morgan fingerprint density at radius 1 is 1.21 bits per heavy atom. The summed E-state index contributed by atoms with van der Waals surface area (Å²) in [6.45, 7) is 7.75. The number of hydrogen-bond acceptors (Lipinski definition) is 2. The van der Waals surface area contributed by atoms with E-state index in [9.17, 15) is 4.79 Å². The zero-order valence-electron chi connectivity index (χ0n) is 14.5. The summed E-state index contributed by atoms with van der Waals surface area (Å²) in [6.07, 6.45) is 0. The average Bonchev–Trinajstić information content (AvgIpc) is 2.50. The van der Waals surface area contributed by atoms with Crippen molar-refractivity contribution in [3.63, 3.8) is 0 Å². The molecule has 0 aliphatic heterocycles. The van der Waals surface area contributed by atoms with Crippen LogP contribution in [0, 0.1) is 6.92 Å². The van der Waals surface area contributed by atoms with Crippen LogP contribution in [0.5, 0.6) is 0 Å². The minimum absolute atomic E-state index is 0.0494. The summed E-state index contributed by atoms with van der Waals surface area (Å²) >= 11 is 6.01. The van der Waals surface area contributed by atoms with Crippen molar-refractivity contribution in [1.82, 2.24) is 5.32 Å². The molecule has 24 heavy (non-hydrogen) atoms. The number of halogens is 1. The fraction of sp³-hybridized carbons (Fsp3) is 0.316. The lowest BCUT2D eigenvalue weighted by Gasteiger charge is -2.28. The van der Waals surface area contributed by atoms with E-state index in [-0.39, 0.29) is 12.1 Å². The molecule has 2 aromatic carbocycles. The number of amides is 2. The molecule has 0 aliphatic rings. The summed E-state index contributed by atoms with van der Waals surface area (Å²) in [6, 6.07) is 13.0. The zero-order valence-corrected chi connectivity index (χ0v) is 15.2. The second-order valence-corrected chi connectivity index (χ2v) is 6.99. The van der Waals surface area contributed by atoms with Crippen molar-refractivity contribution in [2.45, 2.75) is 39.3 Å². The van der Waals surface area contributed by atoms with Crippen LogP contribution in [0.4, 0.5) is 10.5 Å². The fourth-order valence-corrected chi connectivity index (χ4v) is 2.57. The minimum Gasteiger partial charge on any atom is -0.329 e. The number of carbonyl (C=O) groups is 1. The predicted octanol–water partition coefficient (Wildman–Crippen LogP) is 4.72. The smallest absolute Gasteiger partial charge is 0.319 e. The summed E-state index contributed by atoms with van der Waals surface area (Å²) in [5, 5.41) is 6.51. The Kier molecular flexibility index (Phi) is 5.52. The largest absolute Gasteiger partial charge is 0.329 e. The van der Waals surface area contributed by atoms with E-state index in [1.165, 1.54) is 0 Å². The molecule has 2 aromatic rings. The lowest BCUT2D eigenvalue weighted by atomic mass is 9.92. The topological polar surface area (TPSA) is 67.2 Å². The Bertz CT molecular complexity index is 741. The normalized spacial score (nSPS) is 12.6. The first kappa shape index (κ1) is 18.3. The molecule has 0 saturated carbocycles. The maximum absolute atomic E-state index is 12.3. The van der Waals surface area contributed by atoms with Gasteiger partial charge in [0.1, 0.15) is 0 Å². The van der Waals surface area contributed by atoms with Crippen LogP contribution in [0.1, 0.15) is 43.5 Å². The van der Waals surface area contributed by atoms with Gasteiger partial charge in [0.25, 0.3) is 0 Å². The minimum atomic E-state index is -0.531. The van der Waals surface area contributed by atoms with Crippen LogP contribution in [0.15, 0.2) is 42.5 Å². The Labute approximate surface area is 148 Å². The number of rotatable bonds is 4. The Balaban J connectivity index is 2.11. The van der Waals surface area contributed by atoms with Crippen molar-refractivity contribution in [3.05, 3.63) is 64.2 Å². The highest BCUT2D eigenvalue weighted by molar-refractivity contribution is 6.31. The fourth-order valence-electron chi connectivity index (χ4n) is 2.45. The van der Waals surface area contributed by atoms with E-state index in [1.54, 1.807) is 12.1 Å². The van der Waals surface area contributed by atoms with Crippen molar-refractivity contribution in [2.75, 3.05) is 5.32 Å². The summed E-state index contributed by atoms with van der Waals surface area (Å²) in [4.78, 5) is 12.3. The number of anilines is 1. The number of hydrogen-bond donors (Lipinski definition) is 3. The van der Waals surface area contributed by atoms with Crippen LogP contribution < -0.4 is 16.4 Å². The molecule has 5 heteroatoms. The summed E-state index contributed by atoms with van der Waals surface area (Å²) < 4.78 is 0. The van der Waals surface area contributed by atoms with Crippen LogP contribution in [0.25, 0.3) is 0 Å². The molecule has 0 heterocycles. The number of benzene rings is 2. The molecule has 0 bridgehead atoms. The molecule has 4 nitrogen and oxygen atoms in total. The number of carbonyl (C=O) groups excluding carboxylic acids is 1. The molecule has 0 aromatic heterocycles. The third-order valence-electron chi connectivity index (χ3n) is 3.98. The van der Waals surface area contributed by atoms with Gasteiger partial charge >= 0.3 is 6.03 Å². The lowest BCUT2D eigenvalue weighted by molar-refractivity contribution is 0.242. The van der Waals surface area contributed by atoms with E-state index in [0.29, 0.717) is 10.7 Å². The Hall–Kier alpha value is -2.04. The molecule has 2 amide bonds. The van der Waals surface area contributed by atoms with Crippen LogP contribution in [-0.2, 0) is 5.54 Å². The van der Waals surface area contributed by atoms with Crippen molar-refractivity contribution in [1.29, 1.82) is 0 Å². The van der Waals surface area contributed by atoms with Gasteiger partial charge in [0.2, 0.25) is 0 Å². The van der Waals surface area contributed by atoms with Crippen molar-refractivity contribution >= 4 is 23.3 Å². The quantitative estimate of drug-likeness (QED) is 0.750. The van der Waals surface area contributed by atoms with E-state index in [4.69, 9.17) is 17.3 Å². The van der Waals surface area contributed by atoms with Crippen molar-refractivity contribution < 1.29 is 4.79 Å². The van der Waals surface area contributed by atoms with Gasteiger partial charge in [-0.2, -0.15) is 0 Å². The highest BCUT2D eigenvalue weighted by Crippen LogP contribution is 2.24. The number of nitrogens with one attached hydrogen (secondary N) is 2. The van der Waals surface area contributed by atoms with Gasteiger partial charge in [0.15, 0.2) is 0 Å². The number of urea groups is 1. The van der Waals surface area contributed by atoms with Crippen LogP contribution >= 0.6 is 11.6 Å². The first-order chi connectivity index (χ1) is 11.2. The predicted molar refractivity (Wildman–Crippen MR) is 100 cm³/mol. The van der Waals surface area contributed by atoms with Gasteiger partial charge in [0, 0.05) is 16.8 Å². The van der Waals surface area contributed by atoms with Crippen LogP contribution in [0.2, 0.25) is 5.02 Å². The zero-order chi connectivity index (χ0) is 17.9. The van der Waals surface area contributed by atoms with Crippen molar-refractivity contribution in [3.8, 4) is 0 Å². The van der Waals surface area contributed by atoms with Gasteiger partial charge in [-0.3, -0.25) is 0 Å². The monoisotopic (exact) mass is 345 g/mol. The average molecular weight is 346 g/mol. The summed E-state index contributed by atoms with van der Waals surface area (Å²) in [5.74, 6) is 0. The van der Waals surface area contributed by atoms with E-state index < -0.39 is 5.54 Å². The van der Waals surface area contributed by atoms with Gasteiger partial charge < -0.3 is 16.4 Å². The molecule has 0 spiro atoms. The van der Waals surface area contributed by atoms with Gasteiger partial charge in [-0.25, -0.2) is 4.79 Å². The third-order valence-corrected chi connectivity index (χ3v) is 4.40. The van der Waals surface area contributed by atoms with E-state index in [0.717, 1.165) is 16.7 Å². The molecule has 1 atom stereocenters. The maximum Gasteiger partial charge on any atom is 0.319 e. The van der Waals surface area contributed by atoms with Crippen LogP contribution in [0.3, 0.4) is 0 Å². The summed E-state index contributed by atoms with van der Waals surface area (Å²) in [7, 11) is 0. The van der Waals surface area contributed by atoms with Gasteiger partial charge in [-0.05, 0) is 62.6 Å². The maximum atomic E-state index is 12.3. The summed E-state index contributed by atoms with van der Waals surface area (Å²) in [5.41, 5.74) is 9.07. The third kappa shape index (κ3) is 4.49. The molecule has 128 valence electrons. The molecule has 0 radical (unpaired) electrons. The standard InChI is InChI=1S/C19H24ClN3O/c1-12-10-16(8-9-17(12)20)22-18(24)23-19(3,4)15-7-5-6-14(11-15)13(2)21/h5-11,13H,21H2,1-4H3,(H2,22,23,24). The SMILES string of the molecule is Cc1cc(NC(=O)NC(C)(C)c2cccc(C(C)N)c2)ccc1Cl. The molecule has 4 N–H and O–H groups in total. The molecular formula is C19H24ClN3O. The molecule has 2 rings (SSSR count). The molecule has 1 unspecified atom stereocenters. The Morgan fingerprint density at radius 3 is 2.54 bits per heavy atom. The molecule has 0 saturated heterocycles. The van der Waals surface area contributed by atoms with Gasteiger partial charge in [-0.15, -0.1) is 0 Å². The second-order valence-electron chi connectivity index (χ2n) is 6.58. The lowest BCUT2D eigenvalue weighted by Crippen LogP contribution is -2.43. The first-order valence-corrected chi connectivity index (χ1v) is 8.28. The highest BCUT2D eigenvalue weighted by Gasteiger charge is 2.23. The van der Waals surface area contributed by atoms with Gasteiger partial charge in [0.05, 0.1) is 5.54 Å². The molecule has 0 aliphatic carbocycles. The first-order valence-electron chi connectivity index (χ1n) is 7.90. The van der Waals surface area contributed by atoms with E-state index in [1.807, 2.05) is 58.0 Å². The second kappa shape index (κ2) is 7.24. The Morgan fingerprint density at radius 2 is 1.92 bits per heavy atom. The number of nitrogens with two attached hydrogens (primary N) is 1. The highest BCUT2D eigenvalue weighted by atomic mass is 35.5. The number of aryl methyl sites for hydroxylation is 1. The van der Waals surface area contributed by atoms with E-state index >= 15 is 0 Å². The molecule has 0 fully saturated rings. The van der Waals surface area contributed by atoms with Crippen molar-refractivity contribution in [2.24, 2.45) is 5.73 Å².